The van der Waals surface area contributed by atoms with E-state index in [2.05, 4.69) is 10.6 Å². The predicted molar refractivity (Wildman–Crippen MR) is 144 cm³/mol. The van der Waals surface area contributed by atoms with E-state index in [0.29, 0.717) is 55.8 Å². The lowest BCUT2D eigenvalue weighted by Crippen LogP contribution is -2.53. The van der Waals surface area contributed by atoms with Gasteiger partial charge in [-0.2, -0.15) is 0 Å². The fourth-order valence-corrected chi connectivity index (χ4v) is 5.42. The van der Waals surface area contributed by atoms with Crippen molar-refractivity contribution in [3.05, 3.63) is 63.1 Å². The first-order valence-corrected chi connectivity index (χ1v) is 13.4. The van der Waals surface area contributed by atoms with Crippen LogP contribution in [0.3, 0.4) is 0 Å². The molecule has 1 fully saturated rings. The zero-order chi connectivity index (χ0) is 27.4. The summed E-state index contributed by atoms with van der Waals surface area (Å²) in [5.41, 5.74) is 1.24. The largest absolute Gasteiger partial charge is 0.491 e. The van der Waals surface area contributed by atoms with Crippen molar-refractivity contribution in [1.29, 1.82) is 0 Å². The molecule has 9 nitrogen and oxygen atoms in total. The fourth-order valence-electron chi connectivity index (χ4n) is 5.42. The smallest absolute Gasteiger partial charge is 0.263 e. The Hall–Kier alpha value is -3.62. The molecular weight excluding hydrogens is 484 g/mol. The number of rotatable bonds is 1. The number of carbonyl (C=O) groups excluding carboxylic acids is 3. The van der Waals surface area contributed by atoms with Gasteiger partial charge >= 0.3 is 0 Å². The van der Waals surface area contributed by atoms with Gasteiger partial charge in [0.25, 0.3) is 17.4 Å². The van der Waals surface area contributed by atoms with E-state index < -0.39 is 5.41 Å². The number of ether oxygens (including phenoxy) is 1. The van der Waals surface area contributed by atoms with Crippen molar-refractivity contribution in [1.82, 2.24) is 20.1 Å². The number of likely N-dealkylation sites (tertiary alicyclic amines) is 1. The number of benzene rings is 1. The second-order valence-corrected chi connectivity index (χ2v) is 10.7. The lowest BCUT2D eigenvalue weighted by molar-refractivity contribution is -0.135. The van der Waals surface area contributed by atoms with Crippen molar-refractivity contribution in [2.45, 2.75) is 58.9 Å². The van der Waals surface area contributed by atoms with Crippen molar-refractivity contribution in [2.24, 2.45) is 12.5 Å². The number of aryl methyl sites for hydroxylation is 2. The quantitative estimate of drug-likeness (QED) is 0.599. The highest BCUT2D eigenvalue weighted by Crippen LogP contribution is 2.37. The number of nitrogens with zero attached hydrogens (tertiary/aromatic N) is 2. The number of pyridine rings is 1. The van der Waals surface area contributed by atoms with Crippen molar-refractivity contribution in [2.75, 3.05) is 26.2 Å². The zero-order valence-electron chi connectivity index (χ0n) is 22.8. The molecule has 2 aliphatic heterocycles. The van der Waals surface area contributed by atoms with E-state index in [-0.39, 0.29) is 41.5 Å². The van der Waals surface area contributed by atoms with Crippen molar-refractivity contribution < 1.29 is 19.1 Å². The molecule has 0 saturated carbocycles. The van der Waals surface area contributed by atoms with Crippen LogP contribution in [0.15, 0.2) is 35.1 Å². The van der Waals surface area contributed by atoms with E-state index in [1.807, 2.05) is 26.0 Å². The molecule has 204 valence electrons. The summed E-state index contributed by atoms with van der Waals surface area (Å²) in [5, 5.41) is 6.08. The van der Waals surface area contributed by atoms with Gasteiger partial charge in [-0.05, 0) is 70.2 Å². The minimum atomic E-state index is -0.621. The van der Waals surface area contributed by atoms with E-state index in [0.717, 1.165) is 18.5 Å². The van der Waals surface area contributed by atoms with Crippen LogP contribution in [0, 0.1) is 19.3 Å². The minimum absolute atomic E-state index is 0.0301. The number of nitrogens with one attached hydrogen (secondary N) is 2. The van der Waals surface area contributed by atoms with Gasteiger partial charge in [0.15, 0.2) is 0 Å². The van der Waals surface area contributed by atoms with Crippen molar-refractivity contribution in [3.63, 3.8) is 0 Å². The molecule has 0 aliphatic carbocycles. The average molecular weight is 523 g/mol. The Labute approximate surface area is 223 Å². The van der Waals surface area contributed by atoms with Crippen LogP contribution < -0.4 is 20.9 Å². The summed E-state index contributed by atoms with van der Waals surface area (Å²) >= 11 is 0. The molecule has 1 aromatic carbocycles. The summed E-state index contributed by atoms with van der Waals surface area (Å²) in [5.74, 6) is 0.00978. The first-order valence-electron chi connectivity index (χ1n) is 13.4. The average Bonchev–Trinajstić information content (AvgIpc) is 2.90. The third kappa shape index (κ3) is 5.61. The van der Waals surface area contributed by atoms with Gasteiger partial charge in [0.05, 0.1) is 17.0 Å². The van der Waals surface area contributed by atoms with Gasteiger partial charge in [-0.25, -0.2) is 0 Å². The predicted octanol–water partition coefficient (Wildman–Crippen LogP) is 2.72. The van der Waals surface area contributed by atoms with E-state index in [1.165, 1.54) is 4.57 Å². The first-order chi connectivity index (χ1) is 18.1. The Morgan fingerprint density at radius 3 is 2.50 bits per heavy atom. The number of hydrogen-bond acceptors (Lipinski definition) is 5. The summed E-state index contributed by atoms with van der Waals surface area (Å²) in [6, 6.07) is 8.69. The van der Waals surface area contributed by atoms with E-state index >= 15 is 0 Å². The Bertz CT molecular complexity index is 1280. The second kappa shape index (κ2) is 11.4. The number of aromatic nitrogens is 1. The number of para-hydroxylation sites is 1. The fraction of sp³-hybridized carbons (Fsp3) is 0.517. The molecule has 0 bridgehead atoms. The highest BCUT2D eigenvalue weighted by atomic mass is 16.5. The first kappa shape index (κ1) is 27.4. The molecule has 4 rings (SSSR count). The summed E-state index contributed by atoms with van der Waals surface area (Å²) in [6.07, 6.45) is 3.19. The van der Waals surface area contributed by atoms with E-state index in [9.17, 15) is 19.2 Å². The highest BCUT2D eigenvalue weighted by molar-refractivity contribution is 5.97. The molecule has 9 heteroatoms. The Morgan fingerprint density at radius 2 is 1.76 bits per heavy atom. The topological polar surface area (TPSA) is 110 Å². The van der Waals surface area contributed by atoms with E-state index in [4.69, 9.17) is 4.74 Å². The van der Waals surface area contributed by atoms with Crippen molar-refractivity contribution >= 4 is 17.7 Å². The number of carbonyl (C=O) groups is 3. The maximum Gasteiger partial charge on any atom is 0.263 e. The lowest BCUT2D eigenvalue weighted by atomic mass is 9.73. The minimum Gasteiger partial charge on any atom is -0.491 e. The van der Waals surface area contributed by atoms with Gasteiger partial charge in [0.2, 0.25) is 5.91 Å². The third-order valence-electron chi connectivity index (χ3n) is 7.94. The van der Waals surface area contributed by atoms with Gasteiger partial charge in [0.1, 0.15) is 17.9 Å². The van der Waals surface area contributed by atoms with Gasteiger partial charge < -0.3 is 24.8 Å². The van der Waals surface area contributed by atoms with Crippen LogP contribution >= 0.6 is 0 Å². The summed E-state index contributed by atoms with van der Waals surface area (Å²) in [4.78, 5) is 54.2. The molecular formula is C29H38N4O5. The van der Waals surface area contributed by atoms with Crippen LogP contribution in [0.5, 0.6) is 5.75 Å². The molecule has 1 atom stereocenters. The molecule has 1 aromatic heterocycles. The maximum atomic E-state index is 13.6. The number of piperidine rings is 1. The van der Waals surface area contributed by atoms with Crippen LogP contribution in [0.1, 0.15) is 71.0 Å². The highest BCUT2D eigenvalue weighted by Gasteiger charge is 2.42. The third-order valence-corrected chi connectivity index (χ3v) is 7.94. The molecule has 2 aromatic rings. The zero-order valence-corrected chi connectivity index (χ0v) is 22.8. The van der Waals surface area contributed by atoms with Gasteiger partial charge in [-0.1, -0.05) is 18.6 Å². The standard InChI is InChI=1S/C29H38N4O5/c1-19-17-21(3)32(4)26(35)24(19)27(36)33-15-12-29(13-16-33)11-7-8-14-30-25(34)22-9-5-6-10-23(22)38-18-20(2)31-28(29)37/h5-6,9-10,17,20H,7-8,11-16,18H2,1-4H3,(H,30,34)(H,31,37)/t20-/m1/s1. The van der Waals surface area contributed by atoms with Crippen LogP contribution in [-0.4, -0.2) is 59.5 Å². The van der Waals surface area contributed by atoms with Crippen LogP contribution in [-0.2, 0) is 11.8 Å². The molecule has 3 heterocycles. The number of fused-ring (bicyclic) bond motifs is 1. The molecule has 2 aliphatic rings. The van der Waals surface area contributed by atoms with Gasteiger partial charge in [0, 0.05) is 32.4 Å². The maximum absolute atomic E-state index is 13.6. The Morgan fingerprint density at radius 1 is 1.05 bits per heavy atom. The second-order valence-electron chi connectivity index (χ2n) is 10.7. The molecule has 1 spiro atoms. The van der Waals surface area contributed by atoms with E-state index in [1.54, 1.807) is 37.1 Å². The molecule has 0 radical (unpaired) electrons. The number of amides is 3. The number of hydrogen-bond donors (Lipinski definition) is 2. The summed E-state index contributed by atoms with van der Waals surface area (Å²) in [6.45, 7) is 7.05. The lowest BCUT2D eigenvalue weighted by Gasteiger charge is -2.41. The molecule has 1 saturated heterocycles. The van der Waals surface area contributed by atoms with Gasteiger partial charge in [-0.3, -0.25) is 19.2 Å². The molecule has 38 heavy (non-hydrogen) atoms. The van der Waals surface area contributed by atoms with Crippen LogP contribution in [0.4, 0.5) is 0 Å². The normalized spacial score (nSPS) is 20.5. The Balaban J connectivity index is 1.49. The molecule has 2 N–H and O–H groups in total. The molecule has 3 amide bonds. The van der Waals surface area contributed by atoms with Crippen molar-refractivity contribution in [3.8, 4) is 5.75 Å². The van der Waals surface area contributed by atoms with Crippen LogP contribution in [0.25, 0.3) is 0 Å². The van der Waals surface area contributed by atoms with Crippen LogP contribution in [0.2, 0.25) is 0 Å². The monoisotopic (exact) mass is 522 g/mol. The Kier molecular flexibility index (Phi) is 8.23. The SMILES string of the molecule is Cc1cc(C)n(C)c(=O)c1C(=O)N1CCC2(CCCCNC(=O)c3ccccc3OC[C@@H](C)NC2=O)CC1. The van der Waals surface area contributed by atoms with Gasteiger partial charge in [-0.15, -0.1) is 0 Å². The molecule has 0 unspecified atom stereocenters. The summed E-state index contributed by atoms with van der Waals surface area (Å²) in [7, 11) is 1.67. The summed E-state index contributed by atoms with van der Waals surface area (Å²) < 4.78 is 7.41.